The number of fused-ring (bicyclic) bond motifs is 4. The fourth-order valence-corrected chi connectivity index (χ4v) is 6.30. The van der Waals surface area contributed by atoms with Gasteiger partial charge in [0.2, 0.25) is 0 Å². The number of carbonyl (C=O) groups excluding carboxylic acids is 1. The molecule has 3 aliphatic rings. The number of nitrogen functional groups attached to an aromatic ring is 1. The minimum Gasteiger partial charge on any atom is -0.399 e. The minimum absolute atomic E-state index is 0.0619. The fraction of sp³-hybridized carbons (Fsp3) is 0.379. The zero-order valence-electron chi connectivity index (χ0n) is 21.5. The quantitative estimate of drug-likeness (QED) is 0.422. The van der Waals surface area contributed by atoms with Crippen molar-refractivity contribution in [1.82, 2.24) is 19.7 Å². The first-order valence-corrected chi connectivity index (χ1v) is 13.0. The van der Waals surface area contributed by atoms with Crippen molar-refractivity contribution in [2.45, 2.75) is 25.3 Å². The van der Waals surface area contributed by atoms with Crippen LogP contribution in [0, 0.1) is 0 Å². The van der Waals surface area contributed by atoms with E-state index in [2.05, 4.69) is 45.9 Å². The minimum atomic E-state index is -0.375. The molecular formula is C29H32N6O2. The van der Waals surface area contributed by atoms with E-state index in [4.69, 9.17) is 10.5 Å². The molecule has 190 valence electrons. The predicted molar refractivity (Wildman–Crippen MR) is 145 cm³/mol. The standard InChI is InChI=1S/C29H32N6O2/c1-29(2)23-12-25(35-8-6-34(7-9-35)19-15-37-16-19)21(17-13-31-33(3)14-17)11-22(23)27(36)26-20-5-4-18(30)10-24(20)32-28(26)29/h4-5,10-14,19,32H,6-9,15-16,30H2,1-3H3. The molecule has 2 aliphatic heterocycles. The summed E-state index contributed by atoms with van der Waals surface area (Å²) in [6, 6.07) is 10.7. The normalized spacial score (nSPS) is 19.6. The number of piperazine rings is 1. The summed E-state index contributed by atoms with van der Waals surface area (Å²) < 4.78 is 7.25. The van der Waals surface area contributed by atoms with E-state index in [1.54, 1.807) is 0 Å². The van der Waals surface area contributed by atoms with Gasteiger partial charge in [-0.15, -0.1) is 0 Å². The van der Waals surface area contributed by atoms with Crippen molar-refractivity contribution in [3.05, 3.63) is 65.1 Å². The fourth-order valence-electron chi connectivity index (χ4n) is 6.30. The maximum Gasteiger partial charge on any atom is 0.195 e. The van der Waals surface area contributed by atoms with Crippen molar-refractivity contribution in [1.29, 1.82) is 0 Å². The molecular weight excluding hydrogens is 464 g/mol. The van der Waals surface area contributed by atoms with Crippen LogP contribution in [0.3, 0.4) is 0 Å². The topological polar surface area (TPSA) is 92.4 Å². The van der Waals surface area contributed by atoms with Gasteiger partial charge < -0.3 is 20.4 Å². The number of rotatable bonds is 3. The Hall–Kier alpha value is -3.62. The third kappa shape index (κ3) is 3.35. The third-order valence-electron chi connectivity index (χ3n) is 8.54. The van der Waals surface area contributed by atoms with Crippen LogP contribution in [-0.2, 0) is 17.2 Å². The average molecular weight is 497 g/mol. The van der Waals surface area contributed by atoms with Crippen molar-refractivity contribution >= 4 is 28.1 Å². The van der Waals surface area contributed by atoms with E-state index in [1.807, 2.05) is 42.3 Å². The smallest absolute Gasteiger partial charge is 0.195 e. The van der Waals surface area contributed by atoms with Crippen LogP contribution in [0.15, 0.2) is 42.7 Å². The van der Waals surface area contributed by atoms with Gasteiger partial charge in [0.25, 0.3) is 0 Å². The molecule has 2 aromatic heterocycles. The number of anilines is 2. The van der Waals surface area contributed by atoms with E-state index in [-0.39, 0.29) is 11.2 Å². The Bertz CT molecular complexity index is 1550. The van der Waals surface area contributed by atoms with Crippen LogP contribution >= 0.6 is 0 Å². The number of carbonyl (C=O) groups is 1. The van der Waals surface area contributed by atoms with Crippen molar-refractivity contribution in [3.63, 3.8) is 0 Å². The van der Waals surface area contributed by atoms with Gasteiger partial charge in [-0.05, 0) is 29.8 Å². The predicted octanol–water partition coefficient (Wildman–Crippen LogP) is 3.54. The average Bonchev–Trinajstić information content (AvgIpc) is 3.45. The summed E-state index contributed by atoms with van der Waals surface area (Å²) >= 11 is 0. The Morgan fingerprint density at radius 1 is 1.08 bits per heavy atom. The molecule has 0 bridgehead atoms. The molecule has 0 amide bonds. The van der Waals surface area contributed by atoms with E-state index in [0.29, 0.717) is 11.7 Å². The van der Waals surface area contributed by atoms with Gasteiger partial charge in [0, 0.05) is 89.5 Å². The number of aryl methyl sites for hydroxylation is 1. The number of H-pyrrole nitrogens is 1. The number of nitrogens with one attached hydrogen (secondary N) is 1. The lowest BCUT2D eigenvalue weighted by atomic mass is 9.70. The molecule has 2 saturated heterocycles. The SMILES string of the molecule is Cn1cc(-c2cc3c(cc2N2CCN(C4COC4)CC2)C(C)(C)c2[nH]c4cc(N)ccc4c2C3=O)cn1. The van der Waals surface area contributed by atoms with Crippen LogP contribution in [0.4, 0.5) is 11.4 Å². The zero-order chi connectivity index (χ0) is 25.5. The second-order valence-electron chi connectivity index (χ2n) is 11.2. The van der Waals surface area contributed by atoms with Gasteiger partial charge in [0.1, 0.15) is 0 Å². The molecule has 0 unspecified atom stereocenters. The Morgan fingerprint density at radius 2 is 1.86 bits per heavy atom. The molecule has 0 atom stereocenters. The highest BCUT2D eigenvalue weighted by atomic mass is 16.5. The van der Waals surface area contributed by atoms with Crippen molar-refractivity contribution in [2.75, 3.05) is 50.0 Å². The molecule has 2 aromatic carbocycles. The molecule has 8 heteroatoms. The van der Waals surface area contributed by atoms with Crippen molar-refractivity contribution in [3.8, 4) is 11.1 Å². The van der Waals surface area contributed by atoms with E-state index in [0.717, 1.165) is 83.8 Å². The number of nitrogens with zero attached hydrogens (tertiary/aromatic N) is 4. The van der Waals surface area contributed by atoms with E-state index < -0.39 is 0 Å². The molecule has 8 nitrogen and oxygen atoms in total. The lowest BCUT2D eigenvalue weighted by molar-refractivity contribution is -0.0660. The number of hydrogen-bond donors (Lipinski definition) is 2. The molecule has 0 spiro atoms. The molecule has 0 radical (unpaired) electrons. The van der Waals surface area contributed by atoms with E-state index in [9.17, 15) is 4.79 Å². The number of nitrogens with two attached hydrogens (primary N) is 1. The van der Waals surface area contributed by atoms with Crippen LogP contribution in [0.25, 0.3) is 22.0 Å². The van der Waals surface area contributed by atoms with Crippen LogP contribution < -0.4 is 10.6 Å². The summed E-state index contributed by atoms with van der Waals surface area (Å²) in [5, 5.41) is 5.37. The van der Waals surface area contributed by atoms with Crippen molar-refractivity contribution in [2.24, 2.45) is 7.05 Å². The number of ketones is 1. The Kier molecular flexibility index (Phi) is 4.84. The van der Waals surface area contributed by atoms with E-state index in [1.165, 1.54) is 5.69 Å². The number of ether oxygens (including phenoxy) is 1. The molecule has 4 aromatic rings. The summed E-state index contributed by atoms with van der Waals surface area (Å²) in [5.74, 6) is 0.0619. The maximum atomic E-state index is 14.1. The van der Waals surface area contributed by atoms with Gasteiger partial charge in [-0.3, -0.25) is 14.4 Å². The van der Waals surface area contributed by atoms with Crippen molar-refractivity contribution < 1.29 is 9.53 Å². The van der Waals surface area contributed by atoms with Crippen LogP contribution in [0.5, 0.6) is 0 Å². The van der Waals surface area contributed by atoms with Gasteiger partial charge in [-0.2, -0.15) is 5.10 Å². The largest absolute Gasteiger partial charge is 0.399 e. The van der Waals surface area contributed by atoms with Gasteiger partial charge >= 0.3 is 0 Å². The van der Waals surface area contributed by atoms with Crippen LogP contribution in [0.1, 0.15) is 41.0 Å². The number of aromatic amines is 1. The molecule has 37 heavy (non-hydrogen) atoms. The number of benzene rings is 2. The molecule has 0 saturated carbocycles. The summed E-state index contributed by atoms with van der Waals surface area (Å²) in [5.41, 5.74) is 14.1. The monoisotopic (exact) mass is 496 g/mol. The second-order valence-corrected chi connectivity index (χ2v) is 11.2. The number of aromatic nitrogens is 3. The molecule has 2 fully saturated rings. The number of hydrogen-bond acceptors (Lipinski definition) is 6. The summed E-state index contributed by atoms with van der Waals surface area (Å²) in [4.78, 5) is 22.6. The summed E-state index contributed by atoms with van der Waals surface area (Å²) in [6.07, 6.45) is 3.93. The van der Waals surface area contributed by atoms with E-state index >= 15 is 0 Å². The highest BCUT2D eigenvalue weighted by molar-refractivity contribution is 6.20. The molecule has 7 rings (SSSR count). The Balaban J connectivity index is 1.37. The lowest BCUT2D eigenvalue weighted by Crippen LogP contribution is -2.56. The second kappa shape index (κ2) is 7.94. The highest BCUT2D eigenvalue weighted by Gasteiger charge is 2.41. The Labute approximate surface area is 216 Å². The molecule has 1 aliphatic carbocycles. The van der Waals surface area contributed by atoms with Crippen LogP contribution in [0.2, 0.25) is 0 Å². The first-order valence-electron chi connectivity index (χ1n) is 13.0. The van der Waals surface area contributed by atoms with Gasteiger partial charge in [0.05, 0.1) is 31.0 Å². The maximum absolute atomic E-state index is 14.1. The van der Waals surface area contributed by atoms with Crippen LogP contribution in [-0.4, -0.2) is 70.9 Å². The zero-order valence-corrected chi connectivity index (χ0v) is 21.5. The third-order valence-corrected chi connectivity index (χ3v) is 8.54. The first-order chi connectivity index (χ1) is 17.8. The molecule has 4 heterocycles. The highest BCUT2D eigenvalue weighted by Crippen LogP contribution is 2.47. The summed E-state index contributed by atoms with van der Waals surface area (Å²) in [6.45, 7) is 9.99. The van der Waals surface area contributed by atoms with Gasteiger partial charge in [0.15, 0.2) is 5.78 Å². The molecule has 3 N–H and O–H groups in total. The van der Waals surface area contributed by atoms with Gasteiger partial charge in [-0.25, -0.2) is 0 Å². The Morgan fingerprint density at radius 3 is 2.54 bits per heavy atom. The van der Waals surface area contributed by atoms with Gasteiger partial charge in [-0.1, -0.05) is 19.9 Å². The lowest BCUT2D eigenvalue weighted by Gasteiger charge is -2.44. The summed E-state index contributed by atoms with van der Waals surface area (Å²) in [7, 11) is 1.93. The first kappa shape index (κ1) is 22.6.